The predicted octanol–water partition coefficient (Wildman–Crippen LogP) is 2.55. The summed E-state index contributed by atoms with van der Waals surface area (Å²) in [7, 11) is 1.45. The molecule has 0 saturated carbocycles. The van der Waals surface area contributed by atoms with E-state index in [0.717, 1.165) is 17.2 Å². The van der Waals surface area contributed by atoms with Crippen LogP contribution in [0.4, 0.5) is 0 Å². The molecule has 0 fully saturated rings. The Labute approximate surface area is 128 Å². The van der Waals surface area contributed by atoms with E-state index in [-0.39, 0.29) is 12.0 Å². The number of aryl methyl sites for hydroxylation is 1. The smallest absolute Gasteiger partial charge is 0.323 e. The normalized spacial score (nSPS) is 18.3. The van der Waals surface area contributed by atoms with E-state index in [1.807, 2.05) is 24.4 Å². The first-order valence-electron chi connectivity index (χ1n) is 6.97. The van der Waals surface area contributed by atoms with E-state index in [2.05, 4.69) is 22.0 Å². The molecule has 21 heavy (non-hydrogen) atoms. The van der Waals surface area contributed by atoms with Crippen molar-refractivity contribution in [1.82, 2.24) is 9.88 Å². The van der Waals surface area contributed by atoms with Crippen molar-refractivity contribution in [3.05, 3.63) is 51.5 Å². The summed E-state index contributed by atoms with van der Waals surface area (Å²) in [5.41, 5.74) is 3.55. The second-order valence-electron chi connectivity index (χ2n) is 5.30. The Kier molecular flexibility index (Phi) is 4.03. The third-order valence-corrected chi connectivity index (χ3v) is 4.78. The summed E-state index contributed by atoms with van der Waals surface area (Å²) in [5, 5.41) is 3.08. The minimum Gasteiger partial charge on any atom is -0.468 e. The predicted molar refractivity (Wildman–Crippen MR) is 82.0 cm³/mol. The number of esters is 1. The van der Waals surface area contributed by atoms with Gasteiger partial charge < -0.3 is 4.74 Å². The molecule has 0 radical (unpaired) electrons. The van der Waals surface area contributed by atoms with Gasteiger partial charge in [0.2, 0.25) is 0 Å². The number of rotatable bonds is 3. The molecule has 0 aliphatic carbocycles. The number of ether oxygens (including phenoxy) is 1. The highest BCUT2D eigenvalue weighted by atomic mass is 32.1. The summed E-state index contributed by atoms with van der Waals surface area (Å²) < 4.78 is 4.98. The van der Waals surface area contributed by atoms with Crippen LogP contribution in [0.25, 0.3) is 0 Å². The van der Waals surface area contributed by atoms with Gasteiger partial charge >= 0.3 is 5.97 Å². The van der Waals surface area contributed by atoms with Crippen LogP contribution in [0.1, 0.15) is 21.8 Å². The van der Waals surface area contributed by atoms with Gasteiger partial charge in [0.1, 0.15) is 11.0 Å². The van der Waals surface area contributed by atoms with E-state index in [9.17, 15) is 4.79 Å². The minimum absolute atomic E-state index is 0.169. The molecule has 0 bridgehead atoms. The summed E-state index contributed by atoms with van der Waals surface area (Å²) in [4.78, 5) is 18.8. The van der Waals surface area contributed by atoms with E-state index >= 15 is 0 Å². The second-order valence-corrected chi connectivity index (χ2v) is 6.24. The number of methoxy groups -OCH3 is 1. The van der Waals surface area contributed by atoms with Crippen molar-refractivity contribution in [3.8, 4) is 0 Å². The van der Waals surface area contributed by atoms with Gasteiger partial charge in [-0.1, -0.05) is 24.3 Å². The van der Waals surface area contributed by atoms with Gasteiger partial charge in [0.25, 0.3) is 0 Å². The molecule has 1 aromatic heterocycles. The number of aromatic nitrogens is 1. The van der Waals surface area contributed by atoms with Crippen molar-refractivity contribution in [2.24, 2.45) is 0 Å². The Balaban J connectivity index is 1.87. The molecule has 0 unspecified atom stereocenters. The van der Waals surface area contributed by atoms with Gasteiger partial charge in [-0.25, -0.2) is 4.98 Å². The van der Waals surface area contributed by atoms with Crippen molar-refractivity contribution in [3.63, 3.8) is 0 Å². The first-order chi connectivity index (χ1) is 10.2. The highest BCUT2D eigenvalue weighted by Crippen LogP contribution is 2.26. The highest BCUT2D eigenvalue weighted by Gasteiger charge is 2.32. The van der Waals surface area contributed by atoms with Crippen LogP contribution >= 0.6 is 11.3 Å². The number of hydrogen-bond donors (Lipinski definition) is 0. The SMILES string of the molecule is COC(=O)[C@H]1Cc2ccccc2CN1Cc1nc(C)cs1. The summed E-state index contributed by atoms with van der Waals surface area (Å²) in [6.45, 7) is 3.43. The molecule has 1 aromatic carbocycles. The van der Waals surface area contributed by atoms with Crippen molar-refractivity contribution in [2.75, 3.05) is 7.11 Å². The van der Waals surface area contributed by atoms with Crippen molar-refractivity contribution < 1.29 is 9.53 Å². The zero-order chi connectivity index (χ0) is 14.8. The molecule has 0 spiro atoms. The zero-order valence-corrected chi connectivity index (χ0v) is 13.0. The fourth-order valence-corrected chi connectivity index (χ4v) is 3.56. The largest absolute Gasteiger partial charge is 0.468 e. The lowest BCUT2D eigenvalue weighted by Crippen LogP contribution is -2.45. The van der Waals surface area contributed by atoms with Gasteiger partial charge in [0.15, 0.2) is 0 Å². The molecule has 3 rings (SSSR count). The van der Waals surface area contributed by atoms with Crippen LogP contribution in [0.15, 0.2) is 29.6 Å². The number of carbonyl (C=O) groups excluding carboxylic acids is 1. The number of carbonyl (C=O) groups is 1. The first kappa shape index (κ1) is 14.2. The maximum atomic E-state index is 12.1. The summed E-state index contributed by atoms with van der Waals surface area (Å²) in [5.74, 6) is -0.169. The lowest BCUT2D eigenvalue weighted by molar-refractivity contribution is -0.147. The quantitative estimate of drug-likeness (QED) is 0.817. The molecule has 1 aliphatic rings. The minimum atomic E-state index is -0.228. The van der Waals surface area contributed by atoms with Crippen molar-refractivity contribution in [1.29, 1.82) is 0 Å². The van der Waals surface area contributed by atoms with Crippen LogP contribution in [0.5, 0.6) is 0 Å². The number of hydrogen-bond acceptors (Lipinski definition) is 5. The second kappa shape index (κ2) is 5.95. The van der Waals surface area contributed by atoms with Gasteiger partial charge in [0.05, 0.1) is 13.7 Å². The Hall–Kier alpha value is -1.72. The lowest BCUT2D eigenvalue weighted by atomic mass is 9.94. The number of nitrogens with zero attached hydrogens (tertiary/aromatic N) is 2. The lowest BCUT2D eigenvalue weighted by Gasteiger charge is -2.34. The standard InChI is InChI=1S/C16H18N2O2S/c1-11-10-21-15(17-11)9-18-8-13-6-4-3-5-12(13)7-14(18)16(19)20-2/h3-6,10,14H,7-9H2,1-2H3/t14-/m1/s1. The molecule has 110 valence electrons. The number of thiazole rings is 1. The van der Waals surface area contributed by atoms with Crippen LogP contribution in [0, 0.1) is 6.92 Å². The number of fused-ring (bicyclic) bond motifs is 1. The molecule has 4 nitrogen and oxygen atoms in total. The van der Waals surface area contributed by atoms with E-state index in [4.69, 9.17) is 4.74 Å². The Bertz CT molecular complexity index is 653. The van der Waals surface area contributed by atoms with Crippen LogP contribution in [-0.2, 0) is 29.0 Å². The molecule has 0 saturated heterocycles. The molecule has 1 aliphatic heterocycles. The summed E-state index contributed by atoms with van der Waals surface area (Å²) in [6, 6.07) is 8.06. The molecule has 2 aromatic rings. The van der Waals surface area contributed by atoms with Gasteiger partial charge in [-0.15, -0.1) is 11.3 Å². The fraction of sp³-hybridized carbons (Fsp3) is 0.375. The Morgan fingerprint density at radius 1 is 1.43 bits per heavy atom. The summed E-state index contributed by atoms with van der Waals surface area (Å²) >= 11 is 1.64. The topological polar surface area (TPSA) is 42.4 Å². The van der Waals surface area contributed by atoms with Crippen LogP contribution in [0.2, 0.25) is 0 Å². The van der Waals surface area contributed by atoms with E-state index < -0.39 is 0 Å². The third kappa shape index (κ3) is 2.99. The Morgan fingerprint density at radius 3 is 2.86 bits per heavy atom. The van der Waals surface area contributed by atoms with E-state index in [1.54, 1.807) is 11.3 Å². The fourth-order valence-electron chi connectivity index (χ4n) is 2.76. The van der Waals surface area contributed by atoms with Crippen LogP contribution in [-0.4, -0.2) is 29.0 Å². The molecule has 1 atom stereocenters. The molecule has 0 amide bonds. The van der Waals surface area contributed by atoms with Gasteiger partial charge in [-0.05, 0) is 24.5 Å². The zero-order valence-electron chi connectivity index (χ0n) is 12.2. The van der Waals surface area contributed by atoms with E-state index in [1.165, 1.54) is 18.2 Å². The Morgan fingerprint density at radius 2 is 2.19 bits per heavy atom. The molecule has 2 heterocycles. The van der Waals surface area contributed by atoms with Gasteiger partial charge in [0, 0.05) is 17.6 Å². The monoisotopic (exact) mass is 302 g/mol. The van der Waals surface area contributed by atoms with Crippen molar-refractivity contribution >= 4 is 17.3 Å². The average Bonchev–Trinajstić information content (AvgIpc) is 2.91. The maximum Gasteiger partial charge on any atom is 0.323 e. The molecule has 5 heteroatoms. The molecular weight excluding hydrogens is 284 g/mol. The first-order valence-corrected chi connectivity index (χ1v) is 7.85. The molecule has 0 N–H and O–H groups in total. The third-order valence-electron chi connectivity index (χ3n) is 3.82. The van der Waals surface area contributed by atoms with Gasteiger partial charge in [-0.3, -0.25) is 9.69 Å². The van der Waals surface area contributed by atoms with E-state index in [0.29, 0.717) is 13.0 Å². The van der Waals surface area contributed by atoms with Crippen LogP contribution < -0.4 is 0 Å². The maximum absolute atomic E-state index is 12.1. The average molecular weight is 302 g/mol. The number of benzene rings is 1. The summed E-state index contributed by atoms with van der Waals surface area (Å²) in [6.07, 6.45) is 0.702. The van der Waals surface area contributed by atoms with Crippen molar-refractivity contribution in [2.45, 2.75) is 32.5 Å². The highest BCUT2D eigenvalue weighted by molar-refractivity contribution is 7.09. The molecular formula is C16H18N2O2S. The van der Waals surface area contributed by atoms with Gasteiger partial charge in [-0.2, -0.15) is 0 Å². The van der Waals surface area contributed by atoms with Crippen LogP contribution in [0.3, 0.4) is 0 Å².